The number of piperazine rings is 1. The average Bonchev–Trinajstić information content (AvgIpc) is 3.08. The Morgan fingerprint density at radius 1 is 1.00 bits per heavy atom. The van der Waals surface area contributed by atoms with Crippen molar-refractivity contribution in [2.24, 2.45) is 5.73 Å². The molecule has 0 atom stereocenters. The number of aromatic nitrogens is 3. The summed E-state index contributed by atoms with van der Waals surface area (Å²) in [7, 11) is -3.78. The smallest absolute Gasteiger partial charge is 0.329 e. The van der Waals surface area contributed by atoms with E-state index in [0.717, 1.165) is 11.6 Å². The first-order valence-corrected chi connectivity index (χ1v) is 17.7. The summed E-state index contributed by atoms with van der Waals surface area (Å²) in [6.07, 6.45) is 3.37. The molecule has 0 spiro atoms. The number of carbonyl (C=O) groups excluding carboxylic acids is 3. The maximum absolute atomic E-state index is 14.3. The van der Waals surface area contributed by atoms with Crippen molar-refractivity contribution in [1.29, 1.82) is 0 Å². The van der Waals surface area contributed by atoms with Gasteiger partial charge in [-0.05, 0) is 70.4 Å². The van der Waals surface area contributed by atoms with E-state index in [-0.39, 0.29) is 46.8 Å². The predicted molar refractivity (Wildman–Crippen MR) is 186 cm³/mol. The Morgan fingerprint density at radius 2 is 1.78 bits per heavy atom. The van der Waals surface area contributed by atoms with E-state index in [9.17, 15) is 27.2 Å². The van der Waals surface area contributed by atoms with Crippen molar-refractivity contribution >= 4 is 72.8 Å². The van der Waals surface area contributed by atoms with Gasteiger partial charge in [0.1, 0.15) is 17.5 Å². The number of halogens is 2. The second-order valence-electron chi connectivity index (χ2n) is 11.6. The van der Waals surface area contributed by atoms with Gasteiger partial charge >= 0.3 is 6.03 Å². The van der Waals surface area contributed by atoms with Crippen LogP contribution in [0.25, 0.3) is 0 Å². The first-order valence-electron chi connectivity index (χ1n) is 15.4. The Balaban J connectivity index is 1.07. The van der Waals surface area contributed by atoms with Gasteiger partial charge in [0.25, 0.3) is 5.91 Å². The molecule has 4 heterocycles. The van der Waals surface area contributed by atoms with Gasteiger partial charge in [-0.3, -0.25) is 24.7 Å². The Labute approximate surface area is 295 Å². The minimum Gasteiger partial charge on any atom is -0.365 e. The number of hydrogen-bond acceptors (Lipinski definition) is 11. The van der Waals surface area contributed by atoms with Gasteiger partial charge in [0.2, 0.25) is 21.9 Å². The number of nitrogens with two attached hydrogens (primary N) is 1. The molecular formula is C32H32BrFN10O5S. The first kappa shape index (κ1) is 34.8. The second-order valence-corrected chi connectivity index (χ2v) is 14.4. The third kappa shape index (κ3) is 7.57. The number of nitrogens with zero attached hydrogens (tertiary/aromatic N) is 6. The van der Waals surface area contributed by atoms with Crippen LogP contribution < -0.4 is 26.6 Å². The van der Waals surface area contributed by atoms with Gasteiger partial charge in [-0.25, -0.2) is 27.6 Å². The largest absolute Gasteiger partial charge is 0.365 e. The number of amides is 4. The fourth-order valence-corrected chi connectivity index (χ4v) is 7.36. The maximum Gasteiger partial charge on any atom is 0.329 e. The number of urea groups is 1. The van der Waals surface area contributed by atoms with Crippen LogP contribution in [0.3, 0.4) is 0 Å². The van der Waals surface area contributed by atoms with Crippen molar-refractivity contribution in [2.45, 2.75) is 24.8 Å². The molecular weight excluding hydrogens is 735 g/mol. The van der Waals surface area contributed by atoms with E-state index in [4.69, 9.17) is 5.73 Å². The average molecular weight is 768 g/mol. The second kappa shape index (κ2) is 14.4. The Morgan fingerprint density at radius 3 is 2.46 bits per heavy atom. The zero-order chi connectivity index (χ0) is 35.6. The van der Waals surface area contributed by atoms with Crippen LogP contribution in [-0.2, 0) is 21.4 Å². The fraction of sp³-hybridized carbons (Fsp3) is 0.250. The first-order chi connectivity index (χ1) is 23.9. The van der Waals surface area contributed by atoms with Crippen LogP contribution in [0.2, 0.25) is 0 Å². The van der Waals surface area contributed by atoms with Crippen molar-refractivity contribution in [1.82, 2.24) is 29.5 Å². The highest BCUT2D eigenvalue weighted by molar-refractivity contribution is 9.10. The molecule has 2 saturated heterocycles. The fourth-order valence-electron chi connectivity index (χ4n) is 5.57. The van der Waals surface area contributed by atoms with Crippen LogP contribution in [0, 0.1) is 12.7 Å². The van der Waals surface area contributed by atoms with Crippen LogP contribution in [0.5, 0.6) is 0 Å². The molecule has 18 heteroatoms. The monoisotopic (exact) mass is 766 g/mol. The van der Waals surface area contributed by atoms with Crippen LogP contribution >= 0.6 is 15.9 Å². The molecule has 0 unspecified atom stereocenters. The molecule has 0 radical (unpaired) electrons. The molecule has 0 bridgehead atoms. The number of anilines is 5. The Hall–Kier alpha value is -5.04. The van der Waals surface area contributed by atoms with E-state index < -0.39 is 27.8 Å². The van der Waals surface area contributed by atoms with E-state index in [0.29, 0.717) is 54.3 Å². The Bertz CT molecular complexity index is 2080. The minimum atomic E-state index is -3.78. The van der Waals surface area contributed by atoms with Gasteiger partial charge in [-0.2, -0.15) is 9.29 Å². The van der Waals surface area contributed by atoms with Gasteiger partial charge in [0, 0.05) is 63.8 Å². The number of carbonyl (C=O) groups is 3. The molecule has 0 aliphatic carbocycles. The summed E-state index contributed by atoms with van der Waals surface area (Å²) >= 11 is 3.35. The zero-order valence-electron chi connectivity index (χ0n) is 26.7. The normalized spacial score (nSPS) is 15.9. The summed E-state index contributed by atoms with van der Waals surface area (Å²) in [4.78, 5) is 52.1. The molecule has 2 aromatic carbocycles. The molecule has 2 aromatic heterocycles. The number of pyridine rings is 1. The number of sulfonamides is 1. The molecule has 2 aliphatic heterocycles. The molecule has 6 rings (SSSR count). The molecule has 50 heavy (non-hydrogen) atoms. The van der Waals surface area contributed by atoms with Crippen molar-refractivity contribution in [3.63, 3.8) is 0 Å². The van der Waals surface area contributed by atoms with Crippen molar-refractivity contribution < 1.29 is 27.2 Å². The lowest BCUT2D eigenvalue weighted by atomic mass is 10.1. The third-order valence-corrected chi connectivity index (χ3v) is 10.7. The molecule has 260 valence electrons. The van der Waals surface area contributed by atoms with Crippen molar-refractivity contribution in [3.8, 4) is 0 Å². The van der Waals surface area contributed by atoms with E-state index in [1.165, 1.54) is 33.6 Å². The molecule has 2 fully saturated rings. The van der Waals surface area contributed by atoms with Gasteiger partial charge in [-0.15, -0.1) is 0 Å². The van der Waals surface area contributed by atoms with E-state index in [1.54, 1.807) is 31.3 Å². The van der Waals surface area contributed by atoms with Gasteiger partial charge in [-0.1, -0.05) is 12.1 Å². The van der Waals surface area contributed by atoms with Gasteiger partial charge in [0.15, 0.2) is 0 Å². The van der Waals surface area contributed by atoms with Crippen LogP contribution in [0.1, 0.15) is 27.9 Å². The number of aryl methyl sites for hydroxylation is 1. The molecule has 2 aliphatic rings. The molecule has 0 saturated carbocycles. The highest BCUT2D eigenvalue weighted by atomic mass is 79.9. The topological polar surface area (TPSA) is 196 Å². The summed E-state index contributed by atoms with van der Waals surface area (Å²) in [5.41, 5.74) is 7.31. The molecule has 4 aromatic rings. The van der Waals surface area contributed by atoms with Crippen LogP contribution in [0.4, 0.5) is 38.1 Å². The summed E-state index contributed by atoms with van der Waals surface area (Å²) in [6, 6.07) is 11.9. The van der Waals surface area contributed by atoms with E-state index in [1.807, 2.05) is 6.07 Å². The van der Waals surface area contributed by atoms with Crippen LogP contribution in [-0.4, -0.2) is 83.1 Å². The highest BCUT2D eigenvalue weighted by Crippen LogP contribution is 2.30. The molecule has 15 nitrogen and oxygen atoms in total. The van der Waals surface area contributed by atoms with E-state index in [2.05, 4.69) is 51.7 Å². The molecule has 5 N–H and O–H groups in total. The summed E-state index contributed by atoms with van der Waals surface area (Å²) in [6.45, 7) is 4.24. The standard InChI is InChI=1S/C32H32BrFN10O5S/c1-19-15-21(6-7-24(19)39-31-37-17-22(33)30(41-31)38-25-4-2-3-23(34)28(25)29(35)46)50(48,49)43-13-11-42(12-14-43)18-20-5-8-26(36-16-20)44-10-9-27(45)40-32(44)47/h2-8,15-17H,9-14,18H2,1H3,(H2,35,46)(H,40,45,47)(H2,37,38,39,41). The van der Waals surface area contributed by atoms with Crippen molar-refractivity contribution in [3.05, 3.63) is 87.9 Å². The predicted octanol–water partition coefficient (Wildman–Crippen LogP) is 3.62. The summed E-state index contributed by atoms with van der Waals surface area (Å²) in [5.74, 6) is -1.15. The number of primary amides is 1. The summed E-state index contributed by atoms with van der Waals surface area (Å²) in [5, 5.41) is 8.27. The Kier molecular flexibility index (Phi) is 10.1. The number of nitrogens with one attached hydrogen (secondary N) is 3. The number of rotatable bonds is 10. The highest BCUT2D eigenvalue weighted by Gasteiger charge is 2.29. The molecule has 4 amide bonds. The van der Waals surface area contributed by atoms with Gasteiger partial charge < -0.3 is 16.4 Å². The lowest BCUT2D eigenvalue weighted by molar-refractivity contribution is -0.120. The summed E-state index contributed by atoms with van der Waals surface area (Å²) < 4.78 is 43.3. The SMILES string of the molecule is Cc1cc(S(=O)(=O)N2CCN(Cc3ccc(N4CCC(=O)NC4=O)nc3)CC2)ccc1Nc1ncc(Br)c(Nc2cccc(F)c2C(N)=O)n1. The third-order valence-electron chi connectivity index (χ3n) is 8.22. The number of benzene rings is 2. The lowest BCUT2D eigenvalue weighted by Gasteiger charge is -2.34. The lowest BCUT2D eigenvalue weighted by Crippen LogP contribution is -2.50. The maximum atomic E-state index is 14.3. The van der Waals surface area contributed by atoms with Gasteiger partial charge in [0.05, 0.1) is 20.6 Å². The van der Waals surface area contributed by atoms with Crippen LogP contribution in [0.15, 0.2) is 70.3 Å². The quantitative estimate of drug-likeness (QED) is 0.184. The zero-order valence-corrected chi connectivity index (χ0v) is 29.1. The minimum absolute atomic E-state index is 0.130. The van der Waals surface area contributed by atoms with Crippen molar-refractivity contribution in [2.75, 3.05) is 48.3 Å². The number of hydrogen-bond donors (Lipinski definition) is 4. The number of imide groups is 1. The van der Waals surface area contributed by atoms with E-state index >= 15 is 0 Å².